The lowest BCUT2D eigenvalue weighted by molar-refractivity contribution is 1.05. The fraction of sp³-hybridized carbons (Fsp3) is 0. The number of nitrogens with zero attached hydrogens (tertiary/aromatic N) is 3. The number of thiocarbonyl (C=S) groups is 1. The van der Waals surface area contributed by atoms with Crippen molar-refractivity contribution < 1.29 is 0 Å². The van der Waals surface area contributed by atoms with Crippen LogP contribution in [0.3, 0.4) is 0 Å². The van der Waals surface area contributed by atoms with Crippen molar-refractivity contribution in [2.24, 2.45) is 15.9 Å². The van der Waals surface area contributed by atoms with Crippen molar-refractivity contribution in [1.82, 2.24) is 10.4 Å². The van der Waals surface area contributed by atoms with Gasteiger partial charge in [-0.2, -0.15) is 10.2 Å². The van der Waals surface area contributed by atoms with Gasteiger partial charge in [0.1, 0.15) is 5.82 Å². The molecule has 6 nitrogen and oxygen atoms in total. The molecule has 96 valence electrons. The Hall–Kier alpha value is -2.54. The Kier molecular flexibility index (Phi) is 4.35. The van der Waals surface area contributed by atoms with E-state index in [0.29, 0.717) is 5.82 Å². The Balaban J connectivity index is 1.96. The predicted molar refractivity (Wildman–Crippen MR) is 82.3 cm³/mol. The van der Waals surface area contributed by atoms with Crippen LogP contribution in [-0.2, 0) is 0 Å². The van der Waals surface area contributed by atoms with Crippen LogP contribution >= 0.6 is 12.2 Å². The summed E-state index contributed by atoms with van der Waals surface area (Å²) in [6, 6.07) is 11.7. The zero-order valence-corrected chi connectivity index (χ0v) is 10.8. The van der Waals surface area contributed by atoms with E-state index in [9.17, 15) is 0 Å². The largest absolute Gasteiger partial charge is 0.375 e. The van der Waals surface area contributed by atoms with Gasteiger partial charge in [-0.3, -0.25) is 10.9 Å². The van der Waals surface area contributed by atoms with Crippen LogP contribution in [0.1, 0.15) is 0 Å². The summed E-state index contributed by atoms with van der Waals surface area (Å²) in [6.45, 7) is 0. The fourth-order valence-electron chi connectivity index (χ4n) is 1.40. The molecule has 0 unspecified atom stereocenters. The van der Waals surface area contributed by atoms with Crippen molar-refractivity contribution in [2.45, 2.75) is 0 Å². The third kappa shape index (κ3) is 4.00. The fourth-order valence-corrected chi connectivity index (χ4v) is 1.45. The van der Waals surface area contributed by atoms with Crippen molar-refractivity contribution in [2.75, 3.05) is 5.43 Å². The summed E-state index contributed by atoms with van der Waals surface area (Å²) < 4.78 is 0. The number of para-hydroxylation sites is 1. The van der Waals surface area contributed by atoms with Gasteiger partial charge in [-0.25, -0.2) is 4.98 Å². The number of hydrogen-bond acceptors (Lipinski definition) is 5. The van der Waals surface area contributed by atoms with E-state index in [0.717, 1.165) is 10.9 Å². The van der Waals surface area contributed by atoms with Gasteiger partial charge in [0.2, 0.25) is 0 Å². The maximum absolute atomic E-state index is 5.19. The Morgan fingerprint density at radius 1 is 1.16 bits per heavy atom. The molecule has 0 atom stereocenters. The first-order valence-electron chi connectivity index (χ1n) is 5.47. The monoisotopic (exact) mass is 272 g/mol. The van der Waals surface area contributed by atoms with Gasteiger partial charge in [-0.1, -0.05) is 18.2 Å². The highest BCUT2D eigenvalue weighted by molar-refractivity contribution is 7.80. The molecule has 19 heavy (non-hydrogen) atoms. The molecule has 1 heterocycles. The van der Waals surface area contributed by atoms with Crippen molar-refractivity contribution >= 4 is 46.5 Å². The molecule has 2 rings (SSSR count). The van der Waals surface area contributed by atoms with Gasteiger partial charge >= 0.3 is 0 Å². The summed E-state index contributed by atoms with van der Waals surface area (Å²) >= 11 is 4.58. The molecule has 0 saturated carbocycles. The Morgan fingerprint density at radius 2 is 1.95 bits per heavy atom. The van der Waals surface area contributed by atoms with E-state index < -0.39 is 0 Å². The van der Waals surface area contributed by atoms with Crippen molar-refractivity contribution in [3.8, 4) is 0 Å². The van der Waals surface area contributed by atoms with Crippen LogP contribution in [0, 0.1) is 0 Å². The van der Waals surface area contributed by atoms with E-state index in [-0.39, 0.29) is 5.11 Å². The van der Waals surface area contributed by atoms with Gasteiger partial charge in [0.05, 0.1) is 17.9 Å². The first-order valence-corrected chi connectivity index (χ1v) is 5.88. The number of pyridine rings is 1. The molecule has 7 heteroatoms. The van der Waals surface area contributed by atoms with E-state index in [1.807, 2.05) is 36.4 Å². The molecule has 2 aromatic rings. The number of nitrogens with one attached hydrogen (secondary N) is 2. The lowest BCUT2D eigenvalue weighted by Gasteiger charge is -2.00. The molecule has 1 aromatic heterocycles. The molecule has 0 amide bonds. The number of hydrogen-bond donors (Lipinski definition) is 3. The minimum Gasteiger partial charge on any atom is -0.375 e. The van der Waals surface area contributed by atoms with Crippen LogP contribution < -0.4 is 16.6 Å². The number of fused-ring (bicyclic) bond motifs is 1. The van der Waals surface area contributed by atoms with E-state index in [2.05, 4.69) is 38.3 Å². The summed E-state index contributed by atoms with van der Waals surface area (Å²) in [5.41, 5.74) is 11.3. The zero-order valence-electron chi connectivity index (χ0n) is 9.95. The molecule has 0 spiro atoms. The van der Waals surface area contributed by atoms with Crippen LogP contribution in [0.25, 0.3) is 10.9 Å². The minimum absolute atomic E-state index is 0.105. The number of anilines is 1. The smallest absolute Gasteiger partial charge is 0.184 e. The van der Waals surface area contributed by atoms with Crippen LogP contribution in [0.2, 0.25) is 0 Å². The van der Waals surface area contributed by atoms with Crippen LogP contribution in [0.5, 0.6) is 0 Å². The summed E-state index contributed by atoms with van der Waals surface area (Å²) in [7, 11) is 0. The van der Waals surface area contributed by atoms with Gasteiger partial charge in [-0.05, 0) is 30.4 Å². The Labute approximate surface area is 115 Å². The van der Waals surface area contributed by atoms with E-state index >= 15 is 0 Å². The summed E-state index contributed by atoms with van der Waals surface area (Å²) in [5.74, 6) is 0.658. The number of nitrogens with two attached hydrogens (primary N) is 1. The lowest BCUT2D eigenvalue weighted by atomic mass is 10.2. The quantitative estimate of drug-likeness (QED) is 0.445. The van der Waals surface area contributed by atoms with Gasteiger partial charge in [0, 0.05) is 5.39 Å². The molecule has 0 saturated heterocycles. The second-order valence-electron chi connectivity index (χ2n) is 3.53. The van der Waals surface area contributed by atoms with Gasteiger partial charge in [-0.15, -0.1) is 0 Å². The van der Waals surface area contributed by atoms with Crippen LogP contribution in [0.15, 0.2) is 46.6 Å². The minimum atomic E-state index is 0.105. The van der Waals surface area contributed by atoms with E-state index in [1.54, 1.807) is 0 Å². The number of aromatic nitrogens is 1. The molecule has 0 aliphatic rings. The summed E-state index contributed by atoms with van der Waals surface area (Å²) in [6.07, 6.45) is 2.88. The van der Waals surface area contributed by atoms with Crippen molar-refractivity contribution in [3.05, 3.63) is 36.4 Å². The second kappa shape index (κ2) is 6.41. The Bertz CT molecular complexity index is 637. The average Bonchev–Trinajstić information content (AvgIpc) is 2.42. The number of benzene rings is 1. The Morgan fingerprint density at radius 3 is 2.79 bits per heavy atom. The normalized spacial score (nSPS) is 11.2. The van der Waals surface area contributed by atoms with Gasteiger partial charge in [0.15, 0.2) is 5.11 Å². The average molecular weight is 272 g/mol. The molecular formula is C12H12N6S. The third-order valence-corrected chi connectivity index (χ3v) is 2.26. The second-order valence-corrected chi connectivity index (χ2v) is 3.97. The van der Waals surface area contributed by atoms with Gasteiger partial charge < -0.3 is 5.73 Å². The molecule has 0 radical (unpaired) electrons. The number of rotatable bonds is 4. The number of hydrazone groups is 2. The lowest BCUT2D eigenvalue weighted by Crippen LogP contribution is -2.24. The van der Waals surface area contributed by atoms with Crippen LogP contribution in [-0.4, -0.2) is 22.5 Å². The predicted octanol–water partition coefficient (Wildman–Crippen LogP) is 1.45. The highest BCUT2D eigenvalue weighted by Crippen LogP contribution is 2.14. The van der Waals surface area contributed by atoms with Gasteiger partial charge in [0.25, 0.3) is 0 Å². The molecule has 0 aliphatic carbocycles. The highest BCUT2D eigenvalue weighted by atomic mass is 32.1. The summed E-state index contributed by atoms with van der Waals surface area (Å²) in [5, 5.41) is 8.82. The molecule has 0 aliphatic heterocycles. The molecule has 1 aromatic carbocycles. The van der Waals surface area contributed by atoms with Crippen molar-refractivity contribution in [1.29, 1.82) is 0 Å². The highest BCUT2D eigenvalue weighted by Gasteiger charge is 1.95. The van der Waals surface area contributed by atoms with E-state index in [1.165, 1.54) is 12.4 Å². The first-order chi connectivity index (χ1) is 9.25. The standard InChI is InChI=1S/C12H12N6S/c13-12(19)18-15-8-7-14-17-11-6-5-9-3-1-2-4-10(9)16-11/h1-8H,(H,16,17)(H3,13,18,19)/b14-7+,15-8+. The maximum atomic E-state index is 5.19. The third-order valence-electron chi connectivity index (χ3n) is 2.17. The molecular weight excluding hydrogens is 260 g/mol. The molecule has 4 N–H and O–H groups in total. The van der Waals surface area contributed by atoms with Crippen LogP contribution in [0.4, 0.5) is 5.82 Å². The topological polar surface area (TPSA) is 87.7 Å². The van der Waals surface area contributed by atoms with E-state index in [4.69, 9.17) is 5.73 Å². The van der Waals surface area contributed by atoms with Crippen molar-refractivity contribution in [3.63, 3.8) is 0 Å². The SMILES string of the molecule is NC(=S)N/N=C/C=N/Nc1ccc2ccccc2n1. The molecule has 0 fully saturated rings. The summed E-state index contributed by atoms with van der Waals surface area (Å²) in [4.78, 5) is 4.40. The molecule has 0 bridgehead atoms. The zero-order chi connectivity index (χ0) is 13.5. The first kappa shape index (κ1) is 12.9. The maximum Gasteiger partial charge on any atom is 0.184 e.